The van der Waals surface area contributed by atoms with E-state index in [0.717, 1.165) is 23.3 Å². The number of anilines is 1. The summed E-state index contributed by atoms with van der Waals surface area (Å²) < 4.78 is 47.5. The molecule has 0 aliphatic heterocycles. The van der Waals surface area contributed by atoms with E-state index >= 15 is 0 Å². The Kier molecular flexibility index (Phi) is 4.79. The molecule has 0 radical (unpaired) electrons. The number of amides is 1. The molecule has 0 heterocycles. The van der Waals surface area contributed by atoms with E-state index in [0.29, 0.717) is 11.3 Å². The van der Waals surface area contributed by atoms with Crippen molar-refractivity contribution in [2.24, 2.45) is 0 Å². The third kappa shape index (κ3) is 3.92. The van der Waals surface area contributed by atoms with Gasteiger partial charge in [-0.1, -0.05) is 17.2 Å². The summed E-state index contributed by atoms with van der Waals surface area (Å²) in [7, 11) is -4.63. The van der Waals surface area contributed by atoms with Gasteiger partial charge in [-0.05, 0) is 50.2 Å². The Morgan fingerprint density at radius 1 is 1.00 bits per heavy atom. The minimum Gasteiger partial charge on any atom is -0.322 e. The number of rotatable bonds is 4. The van der Waals surface area contributed by atoms with Crippen molar-refractivity contribution in [3.63, 3.8) is 0 Å². The zero-order valence-electron chi connectivity index (χ0n) is 12.5. The number of halogens is 2. The fourth-order valence-corrected chi connectivity index (χ4v) is 2.86. The highest BCUT2D eigenvalue weighted by Gasteiger charge is 2.26. The molecule has 0 fully saturated rings. The van der Waals surface area contributed by atoms with Gasteiger partial charge in [0.2, 0.25) is 9.84 Å². The standard InChI is InChI=1S/C16H15F2NO3S/c1-10-7-11(2)9-12(8-10)15(20)19-13-3-5-14(6-4-13)23(21,22)16(17)18/h3-9,16H,1-2H3,(H,19,20). The predicted octanol–water partition coefficient (Wildman–Crippen LogP) is 3.55. The van der Waals surface area contributed by atoms with Gasteiger partial charge < -0.3 is 5.32 Å². The van der Waals surface area contributed by atoms with E-state index in [2.05, 4.69) is 5.32 Å². The highest BCUT2D eigenvalue weighted by molar-refractivity contribution is 7.91. The molecule has 4 nitrogen and oxygen atoms in total. The van der Waals surface area contributed by atoms with Crippen LogP contribution in [-0.4, -0.2) is 20.1 Å². The quantitative estimate of drug-likeness (QED) is 0.926. The molecule has 0 atom stereocenters. The minimum absolute atomic E-state index is 0.322. The molecule has 0 aliphatic rings. The third-order valence-electron chi connectivity index (χ3n) is 3.16. The van der Waals surface area contributed by atoms with Crippen LogP contribution in [0, 0.1) is 13.8 Å². The van der Waals surface area contributed by atoms with Gasteiger partial charge in [0.15, 0.2) is 0 Å². The molecule has 0 aliphatic carbocycles. The average molecular weight is 339 g/mol. The van der Waals surface area contributed by atoms with Gasteiger partial charge in [-0.25, -0.2) is 8.42 Å². The van der Waals surface area contributed by atoms with Crippen molar-refractivity contribution >= 4 is 21.4 Å². The lowest BCUT2D eigenvalue weighted by atomic mass is 10.1. The van der Waals surface area contributed by atoms with Gasteiger partial charge in [-0.2, -0.15) is 8.78 Å². The SMILES string of the molecule is Cc1cc(C)cc(C(=O)Nc2ccc(S(=O)(=O)C(F)F)cc2)c1. The number of sulfone groups is 1. The molecule has 2 rings (SSSR count). The summed E-state index contributed by atoms with van der Waals surface area (Å²) in [4.78, 5) is 11.7. The highest BCUT2D eigenvalue weighted by Crippen LogP contribution is 2.20. The van der Waals surface area contributed by atoms with Crippen LogP contribution in [0.15, 0.2) is 47.4 Å². The summed E-state index contributed by atoms with van der Waals surface area (Å²) in [6.07, 6.45) is 0. The Morgan fingerprint density at radius 3 is 2.00 bits per heavy atom. The molecule has 122 valence electrons. The van der Waals surface area contributed by atoms with Crippen LogP contribution >= 0.6 is 0 Å². The molecule has 0 saturated heterocycles. The zero-order valence-corrected chi connectivity index (χ0v) is 13.3. The average Bonchev–Trinajstić information content (AvgIpc) is 2.46. The molecular formula is C16H15F2NO3S. The molecular weight excluding hydrogens is 324 g/mol. The number of carbonyl (C=O) groups excluding carboxylic acids is 1. The van der Waals surface area contributed by atoms with E-state index in [1.54, 1.807) is 12.1 Å². The van der Waals surface area contributed by atoms with Crippen LogP contribution in [0.5, 0.6) is 0 Å². The Morgan fingerprint density at radius 2 is 1.52 bits per heavy atom. The lowest BCUT2D eigenvalue weighted by Gasteiger charge is -2.08. The van der Waals surface area contributed by atoms with E-state index in [-0.39, 0.29) is 5.91 Å². The second-order valence-electron chi connectivity index (χ2n) is 5.16. The fourth-order valence-electron chi connectivity index (χ4n) is 2.14. The smallest absolute Gasteiger partial charge is 0.322 e. The number of benzene rings is 2. The molecule has 2 aromatic rings. The van der Waals surface area contributed by atoms with Crippen molar-refractivity contribution in [2.45, 2.75) is 24.5 Å². The monoisotopic (exact) mass is 339 g/mol. The van der Waals surface area contributed by atoms with Crippen molar-refractivity contribution in [3.8, 4) is 0 Å². The lowest BCUT2D eigenvalue weighted by molar-refractivity contribution is 0.102. The van der Waals surface area contributed by atoms with Crippen molar-refractivity contribution in [3.05, 3.63) is 59.2 Å². The zero-order chi connectivity index (χ0) is 17.2. The van der Waals surface area contributed by atoms with Gasteiger partial charge in [0, 0.05) is 11.3 Å². The van der Waals surface area contributed by atoms with Crippen molar-refractivity contribution in [1.29, 1.82) is 0 Å². The Labute approximate surface area is 133 Å². The third-order valence-corrected chi connectivity index (χ3v) is 4.56. The van der Waals surface area contributed by atoms with Crippen LogP contribution < -0.4 is 5.32 Å². The Bertz CT molecular complexity index is 811. The molecule has 0 aromatic heterocycles. The number of alkyl halides is 2. The van der Waals surface area contributed by atoms with Gasteiger partial charge in [0.1, 0.15) is 0 Å². The highest BCUT2D eigenvalue weighted by atomic mass is 32.2. The van der Waals surface area contributed by atoms with Crippen LogP contribution in [0.2, 0.25) is 0 Å². The lowest BCUT2D eigenvalue weighted by Crippen LogP contribution is -2.13. The van der Waals surface area contributed by atoms with Crippen LogP contribution in [0.1, 0.15) is 21.5 Å². The van der Waals surface area contributed by atoms with E-state index in [1.807, 2.05) is 19.9 Å². The molecule has 0 bridgehead atoms. The first kappa shape index (κ1) is 17.1. The summed E-state index contributed by atoms with van der Waals surface area (Å²) in [5.74, 6) is -3.83. The number of carbonyl (C=O) groups is 1. The van der Waals surface area contributed by atoms with Crippen molar-refractivity contribution in [1.82, 2.24) is 0 Å². The topological polar surface area (TPSA) is 63.2 Å². The first-order chi connectivity index (χ1) is 10.7. The number of aryl methyl sites for hydroxylation is 2. The summed E-state index contributed by atoms with van der Waals surface area (Å²) >= 11 is 0. The molecule has 1 amide bonds. The second kappa shape index (κ2) is 6.45. The summed E-state index contributed by atoms with van der Waals surface area (Å²) in [5, 5.41) is 2.60. The Hall–Kier alpha value is -2.28. The first-order valence-electron chi connectivity index (χ1n) is 6.72. The normalized spacial score (nSPS) is 11.5. The summed E-state index contributed by atoms with van der Waals surface area (Å²) in [5.41, 5.74) is 2.66. The van der Waals surface area contributed by atoms with E-state index in [9.17, 15) is 22.0 Å². The molecule has 0 saturated carbocycles. The molecule has 2 aromatic carbocycles. The van der Waals surface area contributed by atoms with Gasteiger partial charge in [0.05, 0.1) is 4.90 Å². The summed E-state index contributed by atoms with van der Waals surface area (Å²) in [6, 6.07) is 10.00. The number of nitrogens with one attached hydrogen (secondary N) is 1. The van der Waals surface area contributed by atoms with Gasteiger partial charge in [-0.3, -0.25) is 4.79 Å². The fraction of sp³-hybridized carbons (Fsp3) is 0.188. The maximum Gasteiger partial charge on any atom is 0.341 e. The first-order valence-corrected chi connectivity index (χ1v) is 8.26. The minimum atomic E-state index is -4.63. The molecule has 0 spiro atoms. The van der Waals surface area contributed by atoms with E-state index < -0.39 is 20.5 Å². The second-order valence-corrected chi connectivity index (χ2v) is 7.08. The summed E-state index contributed by atoms with van der Waals surface area (Å²) in [6.45, 7) is 3.74. The molecule has 1 N–H and O–H groups in total. The maximum absolute atomic E-state index is 12.4. The van der Waals surface area contributed by atoms with Crippen LogP contribution in [0.25, 0.3) is 0 Å². The van der Waals surface area contributed by atoms with E-state index in [4.69, 9.17) is 0 Å². The van der Waals surface area contributed by atoms with Crippen molar-refractivity contribution < 1.29 is 22.0 Å². The van der Waals surface area contributed by atoms with Crippen LogP contribution in [-0.2, 0) is 9.84 Å². The molecule has 23 heavy (non-hydrogen) atoms. The van der Waals surface area contributed by atoms with E-state index in [1.165, 1.54) is 12.1 Å². The van der Waals surface area contributed by atoms with Crippen molar-refractivity contribution in [2.75, 3.05) is 5.32 Å². The number of hydrogen-bond acceptors (Lipinski definition) is 3. The van der Waals surface area contributed by atoms with Gasteiger partial charge >= 0.3 is 5.76 Å². The van der Waals surface area contributed by atoms with Crippen LogP contribution in [0.4, 0.5) is 14.5 Å². The molecule has 7 heteroatoms. The number of hydrogen-bond donors (Lipinski definition) is 1. The van der Waals surface area contributed by atoms with Gasteiger partial charge in [0.25, 0.3) is 5.91 Å². The maximum atomic E-state index is 12.4. The predicted molar refractivity (Wildman–Crippen MR) is 83.5 cm³/mol. The van der Waals surface area contributed by atoms with Crippen LogP contribution in [0.3, 0.4) is 0 Å². The Balaban J connectivity index is 2.19. The molecule has 0 unspecified atom stereocenters. The van der Waals surface area contributed by atoms with Gasteiger partial charge in [-0.15, -0.1) is 0 Å². The largest absolute Gasteiger partial charge is 0.341 e.